The Hall–Kier alpha value is -0.460. The molecule has 0 aliphatic carbocycles. The fourth-order valence-corrected chi connectivity index (χ4v) is 4.38. The zero-order chi connectivity index (χ0) is 12.5. The number of hydrogen-bond acceptors (Lipinski definition) is 4. The molecule has 2 heterocycles. The molecule has 98 valence electrons. The third kappa shape index (κ3) is 2.69. The maximum absolute atomic E-state index is 12.4. The smallest absolute Gasteiger partial charge is 0.217 e. The van der Waals surface area contributed by atoms with Gasteiger partial charge in [0, 0.05) is 38.6 Å². The molecular formula is C11H19NO4S. The first-order valence-corrected chi connectivity index (χ1v) is 7.61. The van der Waals surface area contributed by atoms with E-state index in [1.807, 2.05) is 0 Å². The zero-order valence-electron chi connectivity index (χ0n) is 10.1. The first-order valence-electron chi connectivity index (χ1n) is 6.11. The van der Waals surface area contributed by atoms with E-state index in [0.717, 1.165) is 0 Å². The minimum atomic E-state index is -3.24. The first-order chi connectivity index (χ1) is 8.01. The van der Waals surface area contributed by atoms with Crippen molar-refractivity contribution in [3.63, 3.8) is 0 Å². The standard InChI is InChI=1S/C11H19NO4S/c1-9-8-12(5-2-11(9)13)17(14,15)10-3-6-16-7-4-10/h9-10H,2-8H2,1H3. The summed E-state index contributed by atoms with van der Waals surface area (Å²) in [5.41, 5.74) is 0. The Morgan fingerprint density at radius 2 is 1.94 bits per heavy atom. The average Bonchev–Trinajstić information content (AvgIpc) is 2.33. The number of carbonyl (C=O) groups excluding carboxylic acids is 1. The molecule has 1 unspecified atom stereocenters. The van der Waals surface area contributed by atoms with Gasteiger partial charge in [-0.25, -0.2) is 12.7 Å². The van der Waals surface area contributed by atoms with Gasteiger partial charge in [-0.05, 0) is 12.8 Å². The largest absolute Gasteiger partial charge is 0.381 e. The minimum Gasteiger partial charge on any atom is -0.381 e. The molecule has 17 heavy (non-hydrogen) atoms. The molecule has 2 rings (SSSR count). The molecule has 0 radical (unpaired) electrons. The molecule has 0 amide bonds. The van der Waals surface area contributed by atoms with Gasteiger partial charge >= 0.3 is 0 Å². The molecule has 5 nitrogen and oxygen atoms in total. The van der Waals surface area contributed by atoms with Gasteiger partial charge in [-0.3, -0.25) is 4.79 Å². The van der Waals surface area contributed by atoms with Crippen molar-refractivity contribution >= 4 is 15.8 Å². The van der Waals surface area contributed by atoms with Gasteiger partial charge in [0.15, 0.2) is 0 Å². The second kappa shape index (κ2) is 5.04. The average molecular weight is 261 g/mol. The number of piperidine rings is 1. The lowest BCUT2D eigenvalue weighted by atomic mass is 10.0. The highest BCUT2D eigenvalue weighted by atomic mass is 32.2. The Balaban J connectivity index is 2.07. The molecule has 0 aromatic heterocycles. The fraction of sp³-hybridized carbons (Fsp3) is 0.909. The zero-order valence-corrected chi connectivity index (χ0v) is 10.9. The van der Waals surface area contributed by atoms with Gasteiger partial charge in [0.05, 0.1) is 5.25 Å². The highest BCUT2D eigenvalue weighted by molar-refractivity contribution is 7.89. The summed E-state index contributed by atoms with van der Waals surface area (Å²) in [6, 6.07) is 0. The van der Waals surface area contributed by atoms with E-state index in [1.165, 1.54) is 4.31 Å². The highest BCUT2D eigenvalue weighted by Gasteiger charge is 2.37. The van der Waals surface area contributed by atoms with E-state index < -0.39 is 10.0 Å². The van der Waals surface area contributed by atoms with E-state index >= 15 is 0 Å². The van der Waals surface area contributed by atoms with Crippen molar-refractivity contribution in [2.45, 2.75) is 31.4 Å². The van der Waals surface area contributed by atoms with Crippen LogP contribution in [0.3, 0.4) is 0 Å². The van der Waals surface area contributed by atoms with Crippen molar-refractivity contribution in [2.75, 3.05) is 26.3 Å². The Morgan fingerprint density at radius 3 is 2.53 bits per heavy atom. The summed E-state index contributed by atoms with van der Waals surface area (Å²) < 4.78 is 31.4. The molecule has 0 saturated carbocycles. The van der Waals surface area contributed by atoms with Crippen LogP contribution in [0.15, 0.2) is 0 Å². The molecular weight excluding hydrogens is 242 g/mol. The van der Waals surface area contributed by atoms with Crippen molar-refractivity contribution in [1.82, 2.24) is 4.31 Å². The van der Waals surface area contributed by atoms with Gasteiger partial charge < -0.3 is 4.74 Å². The third-order valence-electron chi connectivity index (χ3n) is 3.58. The molecule has 6 heteroatoms. The Morgan fingerprint density at radius 1 is 1.29 bits per heavy atom. The highest BCUT2D eigenvalue weighted by Crippen LogP contribution is 2.23. The van der Waals surface area contributed by atoms with E-state index in [2.05, 4.69) is 0 Å². The second-order valence-corrected chi connectivity index (χ2v) is 7.05. The predicted octanol–water partition coefficient (Wildman–Crippen LogP) is 0.406. The maximum atomic E-state index is 12.4. The SMILES string of the molecule is CC1CN(S(=O)(=O)C2CCOCC2)CCC1=O. The quantitative estimate of drug-likeness (QED) is 0.722. The van der Waals surface area contributed by atoms with Gasteiger partial charge in [-0.1, -0.05) is 6.92 Å². The van der Waals surface area contributed by atoms with Crippen LogP contribution < -0.4 is 0 Å². The molecule has 2 aliphatic heterocycles. The number of rotatable bonds is 2. The van der Waals surface area contributed by atoms with Crippen molar-refractivity contribution < 1.29 is 17.9 Å². The van der Waals surface area contributed by atoms with Crippen LogP contribution in [0.2, 0.25) is 0 Å². The van der Waals surface area contributed by atoms with E-state index in [9.17, 15) is 13.2 Å². The van der Waals surface area contributed by atoms with E-state index in [-0.39, 0.29) is 17.0 Å². The van der Waals surface area contributed by atoms with Crippen LogP contribution in [0.1, 0.15) is 26.2 Å². The monoisotopic (exact) mass is 261 g/mol. The lowest BCUT2D eigenvalue weighted by Gasteiger charge is -2.33. The Kier molecular flexibility index (Phi) is 3.85. The van der Waals surface area contributed by atoms with Crippen LogP contribution >= 0.6 is 0 Å². The van der Waals surface area contributed by atoms with Crippen molar-refractivity contribution in [1.29, 1.82) is 0 Å². The summed E-state index contributed by atoms with van der Waals surface area (Å²) in [7, 11) is -3.24. The van der Waals surface area contributed by atoms with Crippen LogP contribution in [0, 0.1) is 5.92 Å². The van der Waals surface area contributed by atoms with Gasteiger partial charge in [-0.2, -0.15) is 0 Å². The number of Topliss-reactive ketones (excluding diaryl/α,β-unsaturated/α-hetero) is 1. The fourth-order valence-electron chi connectivity index (χ4n) is 2.40. The third-order valence-corrected chi connectivity index (χ3v) is 5.95. The molecule has 2 saturated heterocycles. The van der Waals surface area contributed by atoms with Crippen LogP contribution in [-0.2, 0) is 19.6 Å². The molecule has 1 atom stereocenters. The number of ketones is 1. The molecule has 0 bridgehead atoms. The number of carbonyl (C=O) groups is 1. The van der Waals surface area contributed by atoms with Crippen LogP contribution in [0.4, 0.5) is 0 Å². The van der Waals surface area contributed by atoms with Crippen LogP contribution in [0.5, 0.6) is 0 Å². The lowest BCUT2D eigenvalue weighted by Crippen LogP contribution is -2.48. The van der Waals surface area contributed by atoms with Gasteiger partial charge in [-0.15, -0.1) is 0 Å². The van der Waals surface area contributed by atoms with E-state index in [0.29, 0.717) is 45.6 Å². The molecule has 2 aliphatic rings. The Bertz CT molecular complexity index is 386. The summed E-state index contributed by atoms with van der Waals surface area (Å²) in [5, 5.41) is -0.323. The van der Waals surface area contributed by atoms with Crippen LogP contribution in [0.25, 0.3) is 0 Å². The predicted molar refractivity (Wildman–Crippen MR) is 63.1 cm³/mol. The molecule has 0 aromatic carbocycles. The number of nitrogens with zero attached hydrogens (tertiary/aromatic N) is 1. The normalized spacial score (nSPS) is 29.5. The van der Waals surface area contributed by atoms with E-state index in [4.69, 9.17) is 4.74 Å². The molecule has 2 fully saturated rings. The minimum absolute atomic E-state index is 0.168. The van der Waals surface area contributed by atoms with E-state index in [1.54, 1.807) is 6.92 Å². The summed E-state index contributed by atoms with van der Waals surface area (Å²) in [4.78, 5) is 11.4. The molecule has 0 N–H and O–H groups in total. The van der Waals surface area contributed by atoms with Crippen LogP contribution in [-0.4, -0.2) is 50.1 Å². The number of hydrogen-bond donors (Lipinski definition) is 0. The lowest BCUT2D eigenvalue weighted by molar-refractivity contribution is -0.124. The first kappa shape index (κ1) is 13.0. The number of ether oxygens (including phenoxy) is 1. The Labute approximate surface area is 102 Å². The summed E-state index contributed by atoms with van der Waals surface area (Å²) in [5.74, 6) is 0.00166. The second-order valence-electron chi connectivity index (χ2n) is 4.83. The van der Waals surface area contributed by atoms with Crippen molar-refractivity contribution in [3.8, 4) is 0 Å². The van der Waals surface area contributed by atoms with Gasteiger partial charge in [0.1, 0.15) is 5.78 Å². The van der Waals surface area contributed by atoms with Gasteiger partial charge in [0.2, 0.25) is 10.0 Å². The summed E-state index contributed by atoms with van der Waals surface area (Å²) in [6.45, 7) is 3.54. The molecule has 0 aromatic rings. The topological polar surface area (TPSA) is 63.7 Å². The summed E-state index contributed by atoms with van der Waals surface area (Å²) >= 11 is 0. The van der Waals surface area contributed by atoms with Crippen molar-refractivity contribution in [3.05, 3.63) is 0 Å². The molecule has 0 spiro atoms. The van der Waals surface area contributed by atoms with Crippen molar-refractivity contribution in [2.24, 2.45) is 5.92 Å². The van der Waals surface area contributed by atoms with Gasteiger partial charge in [0.25, 0.3) is 0 Å². The summed E-state index contributed by atoms with van der Waals surface area (Å²) in [6.07, 6.45) is 1.49. The number of sulfonamides is 1. The maximum Gasteiger partial charge on any atom is 0.217 e.